The molecule has 0 aliphatic carbocycles. The molecule has 0 spiro atoms. The molecule has 0 bridgehead atoms. The zero-order chi connectivity index (χ0) is 19.1. The lowest BCUT2D eigenvalue weighted by molar-refractivity contribution is -0.0484. The third kappa shape index (κ3) is 3.23. The Morgan fingerprint density at radius 3 is 2.81 bits per heavy atom. The van der Waals surface area contributed by atoms with Gasteiger partial charge >= 0.3 is 0 Å². The number of rotatable bonds is 4. The van der Waals surface area contributed by atoms with Crippen molar-refractivity contribution >= 4 is 22.7 Å². The van der Waals surface area contributed by atoms with Gasteiger partial charge in [-0.05, 0) is 24.6 Å². The third-order valence-electron chi connectivity index (χ3n) is 4.27. The molecule has 0 saturated carbocycles. The predicted octanol–water partition coefficient (Wildman–Crippen LogP) is 3.46. The molecule has 138 valence electrons. The molecule has 1 aromatic heterocycles. The molecule has 0 fully saturated rings. The van der Waals surface area contributed by atoms with Crippen LogP contribution in [0.3, 0.4) is 0 Å². The van der Waals surface area contributed by atoms with E-state index in [0.29, 0.717) is 11.5 Å². The number of Topliss-reactive ketones (excluding diaryl/α,β-unsaturated/α-hetero) is 1. The SMILES string of the molecule is Cc1nc(C(=O)Cc2ccc(F)c([C@@]3(C)N=C(N)SCC3(F)F)c2)co1. The van der Waals surface area contributed by atoms with E-state index in [0.717, 1.165) is 24.8 Å². The van der Waals surface area contributed by atoms with E-state index in [1.165, 1.54) is 18.4 Å². The molecule has 2 heterocycles. The van der Waals surface area contributed by atoms with Gasteiger partial charge in [0.1, 0.15) is 17.8 Å². The molecular weight excluding hydrogens is 367 g/mol. The number of aryl methyl sites for hydroxylation is 1. The summed E-state index contributed by atoms with van der Waals surface area (Å²) in [6, 6.07) is 3.66. The quantitative estimate of drug-likeness (QED) is 0.818. The Balaban J connectivity index is 1.98. The van der Waals surface area contributed by atoms with Crippen molar-refractivity contribution in [2.45, 2.75) is 31.7 Å². The summed E-state index contributed by atoms with van der Waals surface area (Å²) in [7, 11) is 0. The Kier molecular flexibility index (Phi) is 4.60. The first-order valence-electron chi connectivity index (χ1n) is 7.72. The summed E-state index contributed by atoms with van der Waals surface area (Å²) in [6.07, 6.45) is 1.09. The number of carbonyl (C=O) groups excluding carboxylic acids is 1. The van der Waals surface area contributed by atoms with Crippen molar-refractivity contribution in [3.8, 4) is 0 Å². The molecule has 1 aliphatic heterocycles. The largest absolute Gasteiger partial charge is 0.449 e. The van der Waals surface area contributed by atoms with Crippen molar-refractivity contribution in [2.75, 3.05) is 5.75 Å². The highest BCUT2D eigenvalue weighted by Crippen LogP contribution is 2.47. The van der Waals surface area contributed by atoms with E-state index in [1.807, 2.05) is 0 Å². The van der Waals surface area contributed by atoms with Crippen LogP contribution in [0, 0.1) is 12.7 Å². The molecule has 9 heteroatoms. The first-order chi connectivity index (χ1) is 12.1. The average Bonchev–Trinajstić information content (AvgIpc) is 3.00. The van der Waals surface area contributed by atoms with E-state index in [9.17, 15) is 18.0 Å². The van der Waals surface area contributed by atoms with Crippen LogP contribution < -0.4 is 5.73 Å². The highest BCUT2D eigenvalue weighted by Gasteiger charge is 2.55. The number of oxazole rings is 1. The number of aromatic nitrogens is 1. The van der Waals surface area contributed by atoms with Crippen LogP contribution in [-0.4, -0.2) is 27.6 Å². The van der Waals surface area contributed by atoms with Crippen molar-refractivity contribution in [3.05, 3.63) is 53.0 Å². The number of aliphatic imine (C=N–C) groups is 1. The van der Waals surface area contributed by atoms with Gasteiger partial charge < -0.3 is 10.2 Å². The lowest BCUT2D eigenvalue weighted by atomic mass is 9.84. The summed E-state index contributed by atoms with van der Waals surface area (Å²) in [6.45, 7) is 2.74. The van der Waals surface area contributed by atoms with Gasteiger partial charge in [0, 0.05) is 18.9 Å². The smallest absolute Gasteiger partial charge is 0.286 e. The lowest BCUT2D eigenvalue weighted by Gasteiger charge is -2.37. The molecule has 5 nitrogen and oxygen atoms in total. The van der Waals surface area contributed by atoms with Crippen LogP contribution in [0.5, 0.6) is 0 Å². The van der Waals surface area contributed by atoms with Crippen molar-refractivity contribution in [2.24, 2.45) is 10.7 Å². The zero-order valence-corrected chi connectivity index (χ0v) is 14.9. The molecule has 26 heavy (non-hydrogen) atoms. The van der Waals surface area contributed by atoms with Gasteiger partial charge in [-0.1, -0.05) is 17.8 Å². The van der Waals surface area contributed by atoms with E-state index < -0.39 is 23.0 Å². The van der Waals surface area contributed by atoms with Crippen LogP contribution in [0.2, 0.25) is 0 Å². The highest BCUT2D eigenvalue weighted by atomic mass is 32.2. The number of alkyl halides is 2. The number of benzene rings is 1. The molecule has 1 aliphatic rings. The second-order valence-electron chi connectivity index (χ2n) is 6.18. The summed E-state index contributed by atoms with van der Waals surface area (Å²) in [5.41, 5.74) is 3.66. The van der Waals surface area contributed by atoms with Gasteiger partial charge in [0.05, 0.1) is 5.75 Å². The molecule has 1 atom stereocenters. The van der Waals surface area contributed by atoms with Crippen LogP contribution in [0.4, 0.5) is 13.2 Å². The van der Waals surface area contributed by atoms with Crippen LogP contribution in [0.15, 0.2) is 33.9 Å². The van der Waals surface area contributed by atoms with Gasteiger partial charge in [-0.2, -0.15) is 0 Å². The Hall–Kier alpha value is -2.29. The fraction of sp³-hybridized carbons (Fsp3) is 0.353. The second kappa shape index (κ2) is 6.46. The number of thioether (sulfide) groups is 1. The summed E-state index contributed by atoms with van der Waals surface area (Å²) >= 11 is 0.725. The van der Waals surface area contributed by atoms with E-state index in [1.54, 1.807) is 6.92 Å². The topological polar surface area (TPSA) is 81.5 Å². The minimum absolute atomic E-state index is 0.0302. The number of amidine groups is 1. The molecular formula is C17H16F3N3O2S. The Labute approximate surface area is 151 Å². The molecule has 1 aromatic carbocycles. The fourth-order valence-electron chi connectivity index (χ4n) is 2.72. The van der Waals surface area contributed by atoms with Gasteiger partial charge in [0.25, 0.3) is 5.92 Å². The van der Waals surface area contributed by atoms with Gasteiger partial charge in [0.2, 0.25) is 0 Å². The molecule has 0 amide bonds. The van der Waals surface area contributed by atoms with Crippen molar-refractivity contribution in [1.82, 2.24) is 4.98 Å². The summed E-state index contributed by atoms with van der Waals surface area (Å²) in [5, 5.41) is -0.0302. The van der Waals surface area contributed by atoms with Crippen LogP contribution in [0.25, 0.3) is 0 Å². The normalized spacial score (nSPS) is 22.1. The standard InChI is InChI=1S/C17H16F3N3O2S/c1-9-22-13(7-25-9)14(24)6-10-3-4-12(18)11(5-10)16(2)17(19,20)8-26-15(21)23-16/h3-5,7H,6,8H2,1-2H3,(H2,21,23)/t16-/m1/s1. The highest BCUT2D eigenvalue weighted by molar-refractivity contribution is 8.13. The Morgan fingerprint density at radius 1 is 1.42 bits per heavy atom. The third-order valence-corrected chi connectivity index (χ3v) is 5.17. The zero-order valence-electron chi connectivity index (χ0n) is 14.1. The molecule has 3 rings (SSSR count). The summed E-state index contributed by atoms with van der Waals surface area (Å²) < 4.78 is 48.4. The van der Waals surface area contributed by atoms with Gasteiger partial charge in [-0.3, -0.25) is 4.79 Å². The summed E-state index contributed by atoms with van der Waals surface area (Å²) in [5.74, 6) is -4.75. The monoisotopic (exact) mass is 383 g/mol. The molecule has 0 saturated heterocycles. The first kappa shape index (κ1) is 18.5. The van der Waals surface area contributed by atoms with E-state index >= 15 is 0 Å². The second-order valence-corrected chi connectivity index (χ2v) is 7.18. The number of halogens is 3. The first-order valence-corrected chi connectivity index (χ1v) is 8.71. The molecule has 2 N–H and O–H groups in total. The Morgan fingerprint density at radius 2 is 2.15 bits per heavy atom. The minimum atomic E-state index is -3.30. The maximum absolute atomic E-state index is 14.5. The van der Waals surface area contributed by atoms with Gasteiger partial charge in [-0.25, -0.2) is 23.1 Å². The molecule has 2 aromatic rings. The van der Waals surface area contributed by atoms with Crippen molar-refractivity contribution in [1.29, 1.82) is 0 Å². The average molecular weight is 383 g/mol. The van der Waals surface area contributed by atoms with Crippen LogP contribution in [0.1, 0.15) is 34.4 Å². The molecule has 0 unspecified atom stereocenters. The number of carbonyl (C=O) groups is 1. The lowest BCUT2D eigenvalue weighted by Crippen LogP contribution is -2.48. The number of nitrogens with two attached hydrogens (primary N) is 1. The number of hydrogen-bond acceptors (Lipinski definition) is 6. The van der Waals surface area contributed by atoms with Crippen molar-refractivity contribution in [3.63, 3.8) is 0 Å². The molecule has 0 radical (unpaired) electrons. The minimum Gasteiger partial charge on any atom is -0.449 e. The Bertz CT molecular complexity index is 897. The van der Waals surface area contributed by atoms with Crippen molar-refractivity contribution < 1.29 is 22.4 Å². The van der Waals surface area contributed by atoms with Crippen LogP contribution >= 0.6 is 11.8 Å². The predicted molar refractivity (Wildman–Crippen MR) is 92.1 cm³/mol. The van der Waals surface area contributed by atoms with Crippen LogP contribution in [-0.2, 0) is 12.0 Å². The maximum atomic E-state index is 14.5. The summed E-state index contributed by atoms with van der Waals surface area (Å²) in [4.78, 5) is 20.0. The number of ketones is 1. The van der Waals surface area contributed by atoms with Gasteiger partial charge in [0.15, 0.2) is 22.4 Å². The maximum Gasteiger partial charge on any atom is 0.286 e. The van der Waals surface area contributed by atoms with E-state index in [4.69, 9.17) is 10.2 Å². The van der Waals surface area contributed by atoms with Gasteiger partial charge in [-0.15, -0.1) is 0 Å². The number of nitrogens with zero attached hydrogens (tertiary/aromatic N) is 2. The van der Waals surface area contributed by atoms with E-state index in [2.05, 4.69) is 9.98 Å². The number of hydrogen-bond donors (Lipinski definition) is 1. The van der Waals surface area contributed by atoms with E-state index in [-0.39, 0.29) is 28.6 Å². The fourth-order valence-corrected chi connectivity index (χ4v) is 3.58.